The van der Waals surface area contributed by atoms with E-state index >= 15 is 0 Å². The highest BCUT2D eigenvalue weighted by atomic mass is 32.2. The highest BCUT2D eigenvalue weighted by Gasteiger charge is 2.14. The van der Waals surface area contributed by atoms with Gasteiger partial charge in [0.25, 0.3) is 0 Å². The van der Waals surface area contributed by atoms with E-state index < -0.39 is 8.07 Å². The Hall–Kier alpha value is -0.0231. The van der Waals surface area contributed by atoms with Crippen LogP contribution in [0.15, 0.2) is 16.0 Å². The second-order valence-electron chi connectivity index (χ2n) is 5.70. The van der Waals surface area contributed by atoms with E-state index in [1.165, 1.54) is 6.04 Å². The van der Waals surface area contributed by atoms with Gasteiger partial charge in [0.05, 0.1) is 0 Å². The van der Waals surface area contributed by atoms with Crippen molar-refractivity contribution in [1.29, 1.82) is 0 Å². The van der Waals surface area contributed by atoms with Gasteiger partial charge in [0.2, 0.25) is 0 Å². The number of nitrogens with zero attached hydrogens (tertiary/aromatic N) is 1. The summed E-state index contributed by atoms with van der Waals surface area (Å²) in [4.78, 5) is 5.96. The van der Waals surface area contributed by atoms with Crippen LogP contribution in [0.4, 0.5) is 0 Å². The summed E-state index contributed by atoms with van der Waals surface area (Å²) in [6.07, 6.45) is 7.69. The van der Waals surface area contributed by atoms with E-state index in [2.05, 4.69) is 50.8 Å². The van der Waals surface area contributed by atoms with Crippen LogP contribution >= 0.6 is 11.8 Å². The van der Waals surface area contributed by atoms with Crippen LogP contribution in [-0.4, -0.2) is 27.1 Å². The van der Waals surface area contributed by atoms with Crippen LogP contribution in [0.3, 0.4) is 0 Å². The lowest BCUT2D eigenvalue weighted by molar-refractivity contribution is 0.888. The summed E-state index contributed by atoms with van der Waals surface area (Å²) in [6.45, 7) is 12.5. The Morgan fingerprint density at radius 3 is 2.38 bits per heavy atom. The van der Waals surface area contributed by atoms with Gasteiger partial charge in [-0.15, -0.1) is 11.8 Å². The fourth-order valence-electron chi connectivity index (χ4n) is 1.34. The third-order valence-corrected chi connectivity index (χ3v) is 4.53. The minimum Gasteiger partial charge on any atom is -0.297 e. The van der Waals surface area contributed by atoms with Crippen molar-refractivity contribution in [3.05, 3.63) is 11.0 Å². The van der Waals surface area contributed by atoms with Crippen molar-refractivity contribution in [2.45, 2.75) is 46.0 Å². The average molecular weight is 258 g/mol. The van der Waals surface area contributed by atoms with Gasteiger partial charge in [-0.3, -0.25) is 4.99 Å². The zero-order valence-electron chi connectivity index (χ0n) is 11.7. The molecule has 0 unspecified atom stereocenters. The van der Waals surface area contributed by atoms with Crippen molar-refractivity contribution in [1.82, 2.24) is 0 Å². The molecule has 3 heteroatoms. The maximum atomic E-state index is 4.41. The quantitative estimate of drug-likeness (QED) is 0.366. The first-order chi connectivity index (χ1) is 7.35. The predicted octanol–water partition coefficient (Wildman–Crippen LogP) is 4.69. The number of aliphatic imine (C=N–C) groups is 1. The van der Waals surface area contributed by atoms with Gasteiger partial charge < -0.3 is 0 Å². The molecule has 0 aromatic rings. The van der Waals surface area contributed by atoms with Crippen molar-refractivity contribution < 1.29 is 0 Å². The van der Waals surface area contributed by atoms with Crippen molar-refractivity contribution in [2.75, 3.05) is 12.8 Å². The van der Waals surface area contributed by atoms with Gasteiger partial charge in [-0.05, 0) is 29.5 Å². The van der Waals surface area contributed by atoms with Gasteiger partial charge in [0, 0.05) is 20.8 Å². The molecule has 0 heterocycles. The summed E-state index contributed by atoms with van der Waals surface area (Å²) in [5.74, 6) is 0.575. The number of rotatable bonds is 7. The Labute approximate surface area is 107 Å². The molecule has 16 heavy (non-hydrogen) atoms. The summed E-state index contributed by atoms with van der Waals surface area (Å²) >= 11 is 1.91. The van der Waals surface area contributed by atoms with Gasteiger partial charge in [-0.25, -0.2) is 0 Å². The highest BCUT2D eigenvalue weighted by Crippen LogP contribution is 2.24. The summed E-state index contributed by atoms with van der Waals surface area (Å²) < 4.78 is 0. The first kappa shape index (κ1) is 16.0. The van der Waals surface area contributed by atoms with E-state index in [0.29, 0.717) is 5.92 Å². The van der Waals surface area contributed by atoms with Crippen molar-refractivity contribution in [2.24, 2.45) is 10.9 Å². The zero-order valence-corrected chi connectivity index (χ0v) is 13.5. The Bertz CT molecular complexity index is 239. The fourth-order valence-corrected chi connectivity index (χ4v) is 4.69. The topological polar surface area (TPSA) is 12.4 Å². The Morgan fingerprint density at radius 1 is 1.31 bits per heavy atom. The van der Waals surface area contributed by atoms with Crippen LogP contribution in [0.25, 0.3) is 0 Å². The second kappa shape index (κ2) is 8.12. The van der Waals surface area contributed by atoms with E-state index in [4.69, 9.17) is 0 Å². The summed E-state index contributed by atoms with van der Waals surface area (Å²) in [5, 5.41) is 0. The summed E-state index contributed by atoms with van der Waals surface area (Å²) in [6, 6.07) is 1.31. The van der Waals surface area contributed by atoms with E-state index in [1.54, 1.807) is 4.91 Å². The molecule has 94 valence electrons. The minimum absolute atomic E-state index is 0.575. The minimum atomic E-state index is -0.955. The molecular formula is C13H27NSSi. The third-order valence-electron chi connectivity index (χ3n) is 2.00. The van der Waals surface area contributed by atoms with E-state index in [0.717, 1.165) is 13.0 Å². The maximum absolute atomic E-state index is 4.41. The van der Waals surface area contributed by atoms with Crippen LogP contribution in [0.1, 0.15) is 20.3 Å². The van der Waals surface area contributed by atoms with Crippen LogP contribution in [-0.2, 0) is 0 Å². The molecule has 0 fully saturated rings. The van der Waals surface area contributed by atoms with Gasteiger partial charge in [0.1, 0.15) is 0 Å². The van der Waals surface area contributed by atoms with Crippen LogP contribution in [0.5, 0.6) is 0 Å². The zero-order chi connectivity index (χ0) is 12.6. The standard InChI is InChI=1S/C13H27NSSi/c1-12(2)10-14-9-7-8-13(15-3)11-16(4,5)6/h8,10,12H,7,9,11H2,1-6H3/b13-8+,14-10?. The summed E-state index contributed by atoms with van der Waals surface area (Å²) in [7, 11) is -0.955. The molecule has 0 aliphatic rings. The third kappa shape index (κ3) is 10.5. The largest absolute Gasteiger partial charge is 0.297 e. The van der Waals surface area contributed by atoms with Crippen LogP contribution < -0.4 is 0 Å². The Morgan fingerprint density at radius 2 is 1.94 bits per heavy atom. The van der Waals surface area contributed by atoms with Crippen LogP contribution in [0.2, 0.25) is 25.7 Å². The van der Waals surface area contributed by atoms with E-state index in [1.807, 2.05) is 18.0 Å². The molecular weight excluding hydrogens is 230 g/mol. The molecule has 0 radical (unpaired) electrons. The SMILES string of the molecule is CS/C(=C/CCN=CC(C)C)C[Si](C)(C)C. The number of hydrogen-bond acceptors (Lipinski definition) is 2. The first-order valence-corrected chi connectivity index (χ1v) is 11.0. The van der Waals surface area contributed by atoms with Gasteiger partial charge in [-0.2, -0.15) is 0 Å². The molecule has 0 amide bonds. The first-order valence-electron chi connectivity index (χ1n) is 6.08. The van der Waals surface area contributed by atoms with E-state index in [-0.39, 0.29) is 0 Å². The van der Waals surface area contributed by atoms with Gasteiger partial charge in [0.15, 0.2) is 0 Å². The molecule has 0 saturated heterocycles. The molecule has 0 saturated carbocycles. The lowest BCUT2D eigenvalue weighted by Crippen LogP contribution is -2.19. The average Bonchev–Trinajstić information content (AvgIpc) is 2.13. The molecule has 0 aliphatic heterocycles. The molecule has 0 aromatic heterocycles. The summed E-state index contributed by atoms with van der Waals surface area (Å²) in [5.41, 5.74) is 0. The number of thioether (sulfide) groups is 1. The molecule has 0 N–H and O–H groups in total. The maximum Gasteiger partial charge on any atom is 0.0493 e. The molecule has 0 bridgehead atoms. The molecule has 1 nitrogen and oxygen atoms in total. The molecule has 0 rings (SSSR count). The second-order valence-corrected chi connectivity index (χ2v) is 12.1. The predicted molar refractivity (Wildman–Crippen MR) is 82.6 cm³/mol. The van der Waals surface area contributed by atoms with Crippen molar-refractivity contribution in [3.63, 3.8) is 0 Å². The highest BCUT2D eigenvalue weighted by molar-refractivity contribution is 8.02. The number of hydrogen-bond donors (Lipinski definition) is 0. The number of allylic oxidation sites excluding steroid dienone is 1. The van der Waals surface area contributed by atoms with Crippen molar-refractivity contribution >= 4 is 26.1 Å². The van der Waals surface area contributed by atoms with E-state index in [9.17, 15) is 0 Å². The fraction of sp³-hybridized carbons (Fsp3) is 0.769. The Kier molecular flexibility index (Phi) is 8.11. The van der Waals surface area contributed by atoms with Gasteiger partial charge >= 0.3 is 0 Å². The smallest absolute Gasteiger partial charge is 0.0493 e. The molecule has 0 aliphatic carbocycles. The molecule has 0 atom stereocenters. The van der Waals surface area contributed by atoms with Gasteiger partial charge in [-0.1, -0.05) is 39.6 Å². The molecule has 0 spiro atoms. The van der Waals surface area contributed by atoms with Crippen molar-refractivity contribution in [3.8, 4) is 0 Å². The molecule has 0 aromatic carbocycles. The normalized spacial score (nSPS) is 14.1. The lowest BCUT2D eigenvalue weighted by atomic mass is 10.2. The monoisotopic (exact) mass is 257 g/mol. The van der Waals surface area contributed by atoms with Crippen LogP contribution in [0, 0.1) is 5.92 Å². The Balaban J connectivity index is 3.99. The lowest BCUT2D eigenvalue weighted by Gasteiger charge is -2.16.